The normalized spacial score (nSPS) is 20.6. The molecule has 1 amide bonds. The Morgan fingerprint density at radius 2 is 2.12 bits per heavy atom. The van der Waals surface area contributed by atoms with E-state index in [1.807, 2.05) is 18.4 Å². The highest BCUT2D eigenvalue weighted by Gasteiger charge is 2.34. The molecule has 0 spiro atoms. The molecular weight excluding hydrogens is 348 g/mol. The van der Waals surface area contributed by atoms with Gasteiger partial charge in [-0.05, 0) is 42.5 Å². The highest BCUT2D eigenvalue weighted by atomic mass is 32.1. The third-order valence-electron chi connectivity index (χ3n) is 4.59. The van der Waals surface area contributed by atoms with E-state index in [1.54, 1.807) is 11.3 Å². The second-order valence-corrected chi connectivity index (χ2v) is 7.07. The number of carbonyl (C=O) groups excluding carboxylic acids is 1. The van der Waals surface area contributed by atoms with Crippen LogP contribution in [-0.4, -0.2) is 42.2 Å². The Bertz CT molecular complexity index is 793. The van der Waals surface area contributed by atoms with Crippen molar-refractivity contribution in [3.63, 3.8) is 0 Å². The van der Waals surface area contributed by atoms with Gasteiger partial charge in [-0.15, -0.1) is 11.3 Å². The number of benzene rings is 1. The van der Waals surface area contributed by atoms with Crippen molar-refractivity contribution in [2.45, 2.75) is 25.4 Å². The predicted octanol–water partition coefficient (Wildman–Crippen LogP) is 3.33. The molecule has 2 aromatic rings. The Labute approximate surface area is 148 Å². The summed E-state index contributed by atoms with van der Waals surface area (Å²) in [4.78, 5) is 15.1. The van der Waals surface area contributed by atoms with E-state index in [4.69, 9.17) is 0 Å². The van der Waals surface area contributed by atoms with Crippen LogP contribution < -0.4 is 4.74 Å². The smallest absolute Gasteiger partial charge is 0.257 e. The third kappa shape index (κ3) is 3.26. The number of thiophene rings is 1. The highest BCUT2D eigenvalue weighted by Crippen LogP contribution is 2.35. The van der Waals surface area contributed by atoms with Gasteiger partial charge in [0.15, 0.2) is 17.4 Å². The van der Waals surface area contributed by atoms with E-state index in [0.29, 0.717) is 13.0 Å². The molecule has 134 valence electrons. The minimum absolute atomic E-state index is 0.0309. The number of hydrogen-bond donors (Lipinski definition) is 1. The Morgan fingerprint density at radius 1 is 1.36 bits per heavy atom. The van der Waals surface area contributed by atoms with Crippen molar-refractivity contribution >= 4 is 17.2 Å². The van der Waals surface area contributed by atoms with Crippen LogP contribution >= 0.6 is 11.3 Å². The van der Waals surface area contributed by atoms with E-state index >= 15 is 0 Å². The number of carbonyl (C=O) groups is 1. The predicted molar refractivity (Wildman–Crippen MR) is 91.2 cm³/mol. The number of β-amino-alcohol motifs (C(OH)–C–C–N with tert-alkyl or cyclic N) is 1. The summed E-state index contributed by atoms with van der Waals surface area (Å²) < 4.78 is 32.5. The molecule has 3 rings (SSSR count). The van der Waals surface area contributed by atoms with Crippen molar-refractivity contribution in [1.29, 1.82) is 0 Å². The molecule has 1 aromatic heterocycles. The number of aryl methyl sites for hydroxylation is 1. The summed E-state index contributed by atoms with van der Waals surface area (Å²) in [6, 6.07) is 4.12. The summed E-state index contributed by atoms with van der Waals surface area (Å²) in [5, 5.41) is 12.5. The lowest BCUT2D eigenvalue weighted by Crippen LogP contribution is -2.45. The number of methoxy groups -OCH3 is 1. The fraction of sp³-hybridized carbons (Fsp3) is 0.389. The number of nitrogens with zero attached hydrogens (tertiary/aromatic N) is 1. The van der Waals surface area contributed by atoms with Crippen molar-refractivity contribution in [2.24, 2.45) is 0 Å². The zero-order valence-corrected chi connectivity index (χ0v) is 14.8. The molecule has 1 aliphatic heterocycles. The molecule has 1 saturated heterocycles. The van der Waals surface area contributed by atoms with Crippen LogP contribution in [0, 0.1) is 18.6 Å². The Balaban J connectivity index is 1.79. The lowest BCUT2D eigenvalue weighted by atomic mass is 9.90. The SMILES string of the molecule is COc1c(F)ccc(C(=O)N2CC[C@@H](c3sccc3C)[C@H](O)C2)c1F. The van der Waals surface area contributed by atoms with Crippen LogP contribution in [0.3, 0.4) is 0 Å². The minimum atomic E-state index is -1.02. The van der Waals surface area contributed by atoms with Gasteiger partial charge in [0.2, 0.25) is 0 Å². The van der Waals surface area contributed by atoms with E-state index in [1.165, 1.54) is 4.90 Å². The fourth-order valence-electron chi connectivity index (χ4n) is 3.24. The van der Waals surface area contributed by atoms with Gasteiger partial charge in [-0.3, -0.25) is 4.79 Å². The first-order valence-electron chi connectivity index (χ1n) is 7.97. The molecule has 1 N–H and O–H groups in total. The average Bonchev–Trinajstić information content (AvgIpc) is 3.00. The standard InChI is InChI=1S/C18H19F2NO3S/c1-10-6-8-25-17(10)11-5-7-21(9-14(11)22)18(23)12-3-4-13(19)16(24-2)15(12)20/h3-4,6,8,11,14,22H,5,7,9H2,1-2H3/t11-,14-/m1/s1. The maximum atomic E-state index is 14.3. The van der Waals surface area contributed by atoms with Crippen LogP contribution in [0.4, 0.5) is 8.78 Å². The molecule has 7 heteroatoms. The van der Waals surface area contributed by atoms with E-state index < -0.39 is 29.4 Å². The van der Waals surface area contributed by atoms with Crippen LogP contribution in [0.15, 0.2) is 23.6 Å². The quantitative estimate of drug-likeness (QED) is 0.905. The van der Waals surface area contributed by atoms with Gasteiger partial charge in [0.25, 0.3) is 5.91 Å². The highest BCUT2D eigenvalue weighted by molar-refractivity contribution is 7.10. The van der Waals surface area contributed by atoms with Crippen molar-refractivity contribution in [1.82, 2.24) is 4.90 Å². The van der Waals surface area contributed by atoms with Crippen LogP contribution in [0.1, 0.15) is 33.1 Å². The number of piperidine rings is 1. The van der Waals surface area contributed by atoms with Crippen molar-refractivity contribution in [3.05, 3.63) is 51.2 Å². The van der Waals surface area contributed by atoms with E-state index in [9.17, 15) is 18.7 Å². The number of aliphatic hydroxyl groups is 1. The number of ether oxygens (including phenoxy) is 1. The molecule has 0 aliphatic carbocycles. The van der Waals surface area contributed by atoms with Gasteiger partial charge in [0.05, 0.1) is 18.8 Å². The maximum Gasteiger partial charge on any atom is 0.257 e. The average molecular weight is 367 g/mol. The molecule has 0 radical (unpaired) electrons. The summed E-state index contributed by atoms with van der Waals surface area (Å²) >= 11 is 1.59. The van der Waals surface area contributed by atoms with Crippen molar-refractivity contribution in [2.75, 3.05) is 20.2 Å². The molecule has 0 unspecified atom stereocenters. The molecule has 4 nitrogen and oxygen atoms in total. The van der Waals surface area contributed by atoms with Crippen LogP contribution in [0.5, 0.6) is 5.75 Å². The van der Waals surface area contributed by atoms with E-state index in [2.05, 4.69) is 4.74 Å². The lowest BCUT2D eigenvalue weighted by Gasteiger charge is -2.36. The number of likely N-dealkylation sites (tertiary alicyclic amines) is 1. The topological polar surface area (TPSA) is 49.8 Å². The Hall–Kier alpha value is -1.99. The Kier molecular flexibility index (Phi) is 5.06. The molecule has 1 aliphatic rings. The molecular formula is C18H19F2NO3S. The van der Waals surface area contributed by atoms with E-state index in [0.717, 1.165) is 29.7 Å². The molecule has 2 heterocycles. The maximum absolute atomic E-state index is 14.3. The largest absolute Gasteiger partial charge is 0.491 e. The first-order valence-corrected chi connectivity index (χ1v) is 8.85. The van der Waals surface area contributed by atoms with Crippen molar-refractivity contribution < 1.29 is 23.4 Å². The van der Waals surface area contributed by atoms with Crippen LogP contribution in [-0.2, 0) is 0 Å². The number of hydrogen-bond acceptors (Lipinski definition) is 4. The summed E-state index contributed by atoms with van der Waals surface area (Å²) in [5.41, 5.74) is 0.874. The lowest BCUT2D eigenvalue weighted by molar-refractivity contribution is 0.0383. The van der Waals surface area contributed by atoms with Gasteiger partial charge >= 0.3 is 0 Å². The fourth-order valence-corrected chi connectivity index (χ4v) is 4.36. The third-order valence-corrected chi connectivity index (χ3v) is 5.74. The number of aliphatic hydroxyl groups excluding tert-OH is 1. The number of amides is 1. The molecule has 1 aromatic carbocycles. The zero-order valence-electron chi connectivity index (χ0n) is 14.0. The minimum Gasteiger partial charge on any atom is -0.491 e. The number of rotatable bonds is 3. The molecule has 25 heavy (non-hydrogen) atoms. The molecule has 0 saturated carbocycles. The summed E-state index contributed by atoms with van der Waals surface area (Å²) in [6.07, 6.45) is -0.130. The van der Waals surface area contributed by atoms with Gasteiger partial charge in [0, 0.05) is 23.9 Å². The van der Waals surface area contributed by atoms with Crippen LogP contribution in [0.2, 0.25) is 0 Å². The summed E-state index contributed by atoms with van der Waals surface area (Å²) in [5.74, 6) is -3.05. The molecule has 2 atom stereocenters. The van der Waals surface area contributed by atoms with Crippen molar-refractivity contribution in [3.8, 4) is 5.75 Å². The zero-order chi connectivity index (χ0) is 18.1. The van der Waals surface area contributed by atoms with Gasteiger partial charge < -0.3 is 14.7 Å². The second kappa shape index (κ2) is 7.09. The summed E-state index contributed by atoms with van der Waals surface area (Å²) in [6.45, 7) is 2.51. The van der Waals surface area contributed by atoms with Crippen LogP contribution in [0.25, 0.3) is 0 Å². The summed E-state index contributed by atoms with van der Waals surface area (Å²) in [7, 11) is 1.15. The first-order chi connectivity index (χ1) is 11.9. The monoisotopic (exact) mass is 367 g/mol. The second-order valence-electron chi connectivity index (χ2n) is 6.12. The van der Waals surface area contributed by atoms with Gasteiger partial charge in [-0.1, -0.05) is 0 Å². The van der Waals surface area contributed by atoms with Gasteiger partial charge in [0.1, 0.15) is 0 Å². The Morgan fingerprint density at radius 3 is 2.72 bits per heavy atom. The molecule has 1 fully saturated rings. The molecule has 0 bridgehead atoms. The van der Waals surface area contributed by atoms with Gasteiger partial charge in [-0.2, -0.15) is 0 Å². The first kappa shape index (κ1) is 17.8. The van der Waals surface area contributed by atoms with E-state index in [-0.39, 0.29) is 18.0 Å². The number of halogens is 2. The van der Waals surface area contributed by atoms with Gasteiger partial charge in [-0.25, -0.2) is 8.78 Å².